The minimum Gasteiger partial charge on any atom is -0.481 e. The minimum absolute atomic E-state index is 0.00169. The lowest BCUT2D eigenvalue weighted by atomic mass is 10.0. The van der Waals surface area contributed by atoms with E-state index >= 15 is 0 Å². The number of nitrogens with two attached hydrogens (primary N) is 4. The normalized spacial score (nSPS) is 20.8. The number of carboxylic acids is 2. The molecule has 105 heavy (non-hydrogen) atoms. The van der Waals surface area contributed by atoms with Crippen molar-refractivity contribution in [3.63, 3.8) is 0 Å². The molecular formula is C62H92N22O20S. The van der Waals surface area contributed by atoms with E-state index in [2.05, 4.69) is 94.6 Å². The molecule has 13 amide bonds. The van der Waals surface area contributed by atoms with Crippen LogP contribution in [0.15, 0.2) is 62.6 Å². The topological polar surface area (TPSA) is 673 Å². The SMILES string of the molecule is CC(C)[C@@H]1NC(=O)[C@@H](CCCN=C(N)N)NC(=O)CNC(=O)[C@@H](CC(=O)O)NC(=O)C(CCCCNC(=O)C(NC(=O)c2ccc(NN=Cc3ccccc3S(=O)(=O)O)nc2)C(=O)NCCCC[C@H]2NC(=O)[C@H](C(C)C)NC(=O)[C@@H](CCCN=C(N)N)NC(=O)CNC(=O)[C@@H](CC(=O)O)NC2=O)NC1=O. The molecule has 0 radical (unpaired) electrons. The van der Waals surface area contributed by atoms with Gasteiger partial charge in [-0.1, -0.05) is 45.9 Å². The number of amides is 13. The number of hydrogen-bond donors (Lipinski definition) is 21. The maximum atomic E-state index is 14.1. The van der Waals surface area contributed by atoms with Crippen molar-refractivity contribution in [1.82, 2.24) is 74.1 Å². The number of carbonyl (C=O) groups is 15. The zero-order valence-corrected chi connectivity index (χ0v) is 58.8. The Bertz CT molecular complexity index is 3520. The Morgan fingerprint density at radius 2 is 0.952 bits per heavy atom. The number of anilines is 1. The lowest BCUT2D eigenvalue weighted by Gasteiger charge is -2.27. The van der Waals surface area contributed by atoms with Gasteiger partial charge in [-0.2, -0.15) is 13.5 Å². The quantitative estimate of drug-likeness (QED) is 0.00808. The number of unbranched alkanes of at least 4 members (excludes halogenated alkanes) is 2. The third-order valence-corrected chi connectivity index (χ3v) is 16.6. The van der Waals surface area contributed by atoms with E-state index < -0.39 is 196 Å². The molecule has 2 unspecified atom stereocenters. The summed E-state index contributed by atoms with van der Waals surface area (Å²) in [6, 6.07) is -6.22. The van der Waals surface area contributed by atoms with Gasteiger partial charge in [-0.15, -0.1) is 0 Å². The predicted octanol–water partition coefficient (Wildman–Crippen LogP) is -7.05. The van der Waals surface area contributed by atoms with Crippen molar-refractivity contribution >= 4 is 123 Å². The van der Waals surface area contributed by atoms with Gasteiger partial charge < -0.3 is 102 Å². The summed E-state index contributed by atoms with van der Waals surface area (Å²) in [5, 5.41) is 55.0. The molecule has 2 aromatic rings. The number of carboxylic acid groups (broad SMARTS) is 2. The monoisotopic (exact) mass is 1500 g/mol. The summed E-state index contributed by atoms with van der Waals surface area (Å²) in [5.74, 6) is -17.7. The molecule has 9 atom stereocenters. The van der Waals surface area contributed by atoms with Crippen molar-refractivity contribution in [2.24, 2.45) is 49.9 Å². The Morgan fingerprint density at radius 3 is 1.35 bits per heavy atom. The Balaban J connectivity index is 1.59. The molecule has 43 heteroatoms. The number of carbonyl (C=O) groups excluding carboxylic acids is 13. The first kappa shape index (κ1) is 85.8. The van der Waals surface area contributed by atoms with E-state index in [-0.39, 0.29) is 119 Å². The highest BCUT2D eigenvalue weighted by Crippen LogP contribution is 2.16. The van der Waals surface area contributed by atoms with Crippen LogP contribution in [-0.2, 0) is 77.2 Å². The van der Waals surface area contributed by atoms with Crippen LogP contribution in [-0.4, -0.2) is 229 Å². The van der Waals surface area contributed by atoms with Gasteiger partial charge in [0.1, 0.15) is 59.0 Å². The van der Waals surface area contributed by atoms with Gasteiger partial charge in [-0.25, -0.2) is 4.98 Å². The standard InChI is InChI=1S/C62H92N22O20S/c1-31(2)47-59(100)77-37(53(94)79-39(25-45(87)88)51(92)72-29-43(85)75-35(55(96)81-47)16-11-23-69-61(63)64)14-7-9-21-67-57(98)49(83-50(91)34-19-20-42(71-27-34)84-74-28-33-13-5-6-18-41(33)105(102,103)104)58(99)68-22-10-8-15-38-54(95)80-40(26-46(89)90)52(93)73-30-44(86)76-36(17-12-24-70-62(65)66)56(97)82-48(32(3)4)60(101)78-38/h5-6,13,18-20,27-28,31-32,35-40,47-49H,7-12,14-17,21-26,29-30H2,1-4H3,(H,67,98)(H,68,99)(H,71,84)(H,72,92)(H,73,93)(H,75,85)(H,76,86)(H,77,100)(H,78,101)(H,79,94)(H,80,95)(H,81,96)(H,82,97)(H,83,91)(H,87,88)(H,89,90)(H4,63,64,69)(H4,65,66,70)(H,102,103,104)/t35-,36-,37-,38?,39-,40-,47+,48+,49?/m1/s1. The maximum absolute atomic E-state index is 14.1. The first-order chi connectivity index (χ1) is 49.5. The number of nitrogens with one attached hydrogen (secondary N) is 14. The minimum atomic E-state index is -4.63. The highest BCUT2D eigenvalue weighted by atomic mass is 32.2. The number of pyridine rings is 1. The molecule has 2 saturated heterocycles. The number of rotatable bonds is 32. The number of aromatic nitrogens is 1. The summed E-state index contributed by atoms with van der Waals surface area (Å²) in [4.78, 5) is 214. The summed E-state index contributed by atoms with van der Waals surface area (Å²) in [5.41, 5.74) is 24.0. The van der Waals surface area contributed by atoms with Crippen molar-refractivity contribution in [3.05, 3.63) is 53.7 Å². The second-order valence-corrected chi connectivity index (χ2v) is 26.2. The van der Waals surface area contributed by atoms with Crippen molar-refractivity contribution in [2.75, 3.05) is 44.7 Å². The molecule has 0 saturated carbocycles. The fourth-order valence-electron chi connectivity index (χ4n) is 10.2. The summed E-state index contributed by atoms with van der Waals surface area (Å²) in [6.07, 6.45) is -0.358. The zero-order chi connectivity index (χ0) is 78.1. The molecule has 3 heterocycles. The van der Waals surface area contributed by atoms with Gasteiger partial charge in [0.05, 0.1) is 37.7 Å². The number of hydrogen-bond acceptors (Lipinski definition) is 22. The van der Waals surface area contributed by atoms with Crippen LogP contribution < -0.4 is 97.5 Å². The molecule has 1 aromatic carbocycles. The van der Waals surface area contributed by atoms with Gasteiger partial charge in [0.2, 0.25) is 59.1 Å². The fourth-order valence-corrected chi connectivity index (χ4v) is 10.9. The van der Waals surface area contributed by atoms with Crippen LogP contribution in [0.25, 0.3) is 0 Å². The van der Waals surface area contributed by atoms with Gasteiger partial charge in [0.25, 0.3) is 27.8 Å². The highest BCUT2D eigenvalue weighted by Gasteiger charge is 2.37. The molecular weight excluding hydrogens is 1400 g/mol. The molecule has 576 valence electrons. The number of aliphatic imine (C=N–C) groups is 2. The molecule has 2 aliphatic heterocycles. The summed E-state index contributed by atoms with van der Waals surface area (Å²) in [7, 11) is -4.63. The molecule has 0 bridgehead atoms. The summed E-state index contributed by atoms with van der Waals surface area (Å²) >= 11 is 0. The Kier molecular flexibility index (Phi) is 34.9. The average molecular weight is 1500 g/mol. The third kappa shape index (κ3) is 30.4. The number of benzene rings is 1. The van der Waals surface area contributed by atoms with E-state index in [1.165, 1.54) is 30.3 Å². The smallest absolute Gasteiger partial charge is 0.305 e. The Morgan fingerprint density at radius 1 is 0.543 bits per heavy atom. The molecule has 1 aromatic heterocycles. The first-order valence-corrected chi connectivity index (χ1v) is 34.7. The lowest BCUT2D eigenvalue weighted by molar-refractivity contribution is -0.141. The largest absolute Gasteiger partial charge is 0.481 e. The van der Waals surface area contributed by atoms with E-state index in [0.717, 1.165) is 18.5 Å². The molecule has 4 rings (SSSR count). The van der Waals surface area contributed by atoms with Gasteiger partial charge in [-0.05, 0) is 94.2 Å². The van der Waals surface area contributed by atoms with Gasteiger partial charge in [-0.3, -0.25) is 91.9 Å². The van der Waals surface area contributed by atoms with Crippen LogP contribution in [0.1, 0.15) is 121 Å². The van der Waals surface area contributed by atoms with Crippen LogP contribution in [0.3, 0.4) is 0 Å². The van der Waals surface area contributed by atoms with E-state index in [4.69, 9.17) is 22.9 Å². The van der Waals surface area contributed by atoms with E-state index in [1.807, 2.05) is 0 Å². The second-order valence-electron chi connectivity index (χ2n) is 24.8. The molecule has 42 nitrogen and oxygen atoms in total. The maximum Gasteiger partial charge on any atom is 0.305 e. The number of hydrazone groups is 1. The molecule has 0 aliphatic carbocycles. The molecule has 2 aliphatic rings. The van der Waals surface area contributed by atoms with E-state index in [9.17, 15) is 95.1 Å². The zero-order valence-electron chi connectivity index (χ0n) is 58.0. The van der Waals surface area contributed by atoms with Crippen molar-refractivity contribution in [3.8, 4) is 0 Å². The van der Waals surface area contributed by atoms with Crippen LogP contribution in [0, 0.1) is 11.8 Å². The van der Waals surface area contributed by atoms with Crippen molar-refractivity contribution in [2.45, 2.75) is 164 Å². The Labute approximate surface area is 602 Å². The van der Waals surface area contributed by atoms with Crippen LogP contribution >= 0.6 is 0 Å². The highest BCUT2D eigenvalue weighted by molar-refractivity contribution is 7.86. The predicted molar refractivity (Wildman–Crippen MR) is 372 cm³/mol. The Hall–Kier alpha value is -11.7. The lowest BCUT2D eigenvalue weighted by Crippen LogP contribution is -2.59. The van der Waals surface area contributed by atoms with Gasteiger partial charge in [0.15, 0.2) is 18.0 Å². The van der Waals surface area contributed by atoms with Gasteiger partial charge >= 0.3 is 11.9 Å². The number of nitrogens with zero attached hydrogens (tertiary/aromatic N) is 4. The average Bonchev–Trinajstić information content (AvgIpc) is 1.87. The fraction of sp³-hybridized carbons (Fsp3) is 0.532. The van der Waals surface area contributed by atoms with Gasteiger partial charge in [0, 0.05) is 37.9 Å². The number of guanidine groups is 2. The molecule has 2 fully saturated rings. The van der Waals surface area contributed by atoms with Crippen molar-refractivity contribution < 1.29 is 95.1 Å². The van der Waals surface area contributed by atoms with Crippen LogP contribution in [0.4, 0.5) is 5.82 Å². The first-order valence-electron chi connectivity index (χ1n) is 33.2. The van der Waals surface area contributed by atoms with Crippen LogP contribution in [0.2, 0.25) is 0 Å². The summed E-state index contributed by atoms with van der Waals surface area (Å²) < 4.78 is 33.3. The van der Waals surface area contributed by atoms with Crippen LogP contribution in [0.5, 0.6) is 0 Å². The number of aliphatic carboxylic acids is 2. The molecule has 25 N–H and O–H groups in total. The second kappa shape index (κ2) is 42.7. The molecule has 0 spiro atoms. The van der Waals surface area contributed by atoms with E-state index in [1.54, 1.807) is 27.7 Å². The van der Waals surface area contributed by atoms with Crippen molar-refractivity contribution in [1.29, 1.82) is 0 Å². The van der Waals surface area contributed by atoms with E-state index in [0.29, 0.717) is 0 Å². The summed E-state index contributed by atoms with van der Waals surface area (Å²) in [6.45, 7) is 4.26. The third-order valence-electron chi connectivity index (χ3n) is 15.7.